The molecule has 0 aliphatic carbocycles. The average molecular weight is 276 g/mol. The van der Waals surface area contributed by atoms with Crippen LogP contribution in [0.1, 0.15) is 40.5 Å². The summed E-state index contributed by atoms with van der Waals surface area (Å²) in [6.45, 7) is 10.8. The second-order valence-corrected chi connectivity index (χ2v) is 8.11. The van der Waals surface area contributed by atoms with Crippen LogP contribution >= 0.6 is 0 Å². The third-order valence-electron chi connectivity index (χ3n) is 3.68. The summed E-state index contributed by atoms with van der Waals surface area (Å²) in [4.78, 5) is 2.45. The third kappa shape index (κ3) is 5.24. The van der Waals surface area contributed by atoms with Crippen LogP contribution in [0.2, 0.25) is 0 Å². The number of nitrogens with zero attached hydrogens (tertiary/aromatic N) is 1. The van der Waals surface area contributed by atoms with Crippen molar-refractivity contribution in [3.05, 3.63) is 0 Å². The Morgan fingerprint density at radius 3 is 2.06 bits per heavy atom. The smallest absolute Gasteiger partial charge is 0.150 e. The van der Waals surface area contributed by atoms with Crippen molar-refractivity contribution in [2.45, 2.75) is 58.7 Å². The predicted octanol–water partition coefficient (Wildman–Crippen LogP) is 1.27. The highest BCUT2D eigenvalue weighted by atomic mass is 32.2. The van der Waals surface area contributed by atoms with Crippen LogP contribution in [0.5, 0.6) is 0 Å². The van der Waals surface area contributed by atoms with E-state index >= 15 is 0 Å². The van der Waals surface area contributed by atoms with Gasteiger partial charge in [0, 0.05) is 31.2 Å². The van der Waals surface area contributed by atoms with E-state index in [1.165, 1.54) is 0 Å². The molecule has 0 spiro atoms. The van der Waals surface area contributed by atoms with Crippen molar-refractivity contribution in [1.29, 1.82) is 0 Å². The Labute approximate surface area is 112 Å². The van der Waals surface area contributed by atoms with E-state index in [2.05, 4.69) is 37.9 Å². The summed E-state index contributed by atoms with van der Waals surface area (Å²) in [5, 5.41) is 3.49. The summed E-state index contributed by atoms with van der Waals surface area (Å²) in [6.07, 6.45) is 1.54. The summed E-state index contributed by atoms with van der Waals surface area (Å²) in [5.41, 5.74) is 0. The van der Waals surface area contributed by atoms with E-state index in [0.717, 1.165) is 25.9 Å². The van der Waals surface area contributed by atoms with E-state index < -0.39 is 9.84 Å². The van der Waals surface area contributed by atoms with Crippen LogP contribution in [-0.2, 0) is 9.84 Å². The molecule has 0 aromatic heterocycles. The van der Waals surface area contributed by atoms with Gasteiger partial charge >= 0.3 is 0 Å². The lowest BCUT2D eigenvalue weighted by Gasteiger charge is -2.31. The highest BCUT2D eigenvalue weighted by Crippen LogP contribution is 2.12. The summed E-state index contributed by atoms with van der Waals surface area (Å²) in [5.74, 6) is 0.700. The van der Waals surface area contributed by atoms with Crippen molar-refractivity contribution < 1.29 is 8.42 Å². The van der Waals surface area contributed by atoms with Gasteiger partial charge in [-0.3, -0.25) is 4.90 Å². The average Bonchev–Trinajstić information content (AvgIpc) is 2.25. The first-order valence-electron chi connectivity index (χ1n) is 7.01. The molecule has 1 aliphatic rings. The van der Waals surface area contributed by atoms with Crippen molar-refractivity contribution in [1.82, 2.24) is 10.2 Å². The number of hydrogen-bond donors (Lipinski definition) is 1. The molecule has 18 heavy (non-hydrogen) atoms. The normalized spacial score (nSPS) is 21.1. The zero-order valence-corrected chi connectivity index (χ0v) is 13.0. The predicted molar refractivity (Wildman–Crippen MR) is 76.7 cm³/mol. The van der Waals surface area contributed by atoms with Crippen molar-refractivity contribution >= 4 is 9.84 Å². The molecule has 0 aromatic carbocycles. The summed E-state index contributed by atoms with van der Waals surface area (Å²) in [7, 11) is -2.73. The fraction of sp³-hybridized carbons (Fsp3) is 1.00. The van der Waals surface area contributed by atoms with Crippen molar-refractivity contribution in [2.75, 3.05) is 24.6 Å². The van der Waals surface area contributed by atoms with Crippen molar-refractivity contribution in [3.8, 4) is 0 Å². The van der Waals surface area contributed by atoms with Crippen molar-refractivity contribution in [3.63, 3.8) is 0 Å². The first-order valence-corrected chi connectivity index (χ1v) is 8.83. The lowest BCUT2D eigenvalue weighted by molar-refractivity contribution is 0.173. The Hall–Kier alpha value is -0.130. The van der Waals surface area contributed by atoms with Crippen LogP contribution in [-0.4, -0.2) is 56.0 Å². The van der Waals surface area contributed by atoms with Gasteiger partial charge in [0.05, 0.1) is 11.5 Å². The van der Waals surface area contributed by atoms with E-state index in [-0.39, 0.29) is 0 Å². The van der Waals surface area contributed by atoms with Gasteiger partial charge in [0.1, 0.15) is 9.84 Å². The van der Waals surface area contributed by atoms with Crippen LogP contribution in [0, 0.1) is 0 Å². The molecule has 108 valence electrons. The van der Waals surface area contributed by atoms with Gasteiger partial charge in [0.2, 0.25) is 0 Å². The molecule has 5 heteroatoms. The number of nitrogens with one attached hydrogen (secondary N) is 1. The molecular formula is C13H28N2O2S. The van der Waals surface area contributed by atoms with Gasteiger partial charge < -0.3 is 5.32 Å². The largest absolute Gasteiger partial charge is 0.313 e. The lowest BCUT2D eigenvalue weighted by Crippen LogP contribution is -2.45. The van der Waals surface area contributed by atoms with Gasteiger partial charge in [-0.15, -0.1) is 0 Å². The fourth-order valence-corrected chi connectivity index (χ4v) is 4.10. The zero-order valence-electron chi connectivity index (χ0n) is 12.1. The minimum absolute atomic E-state index is 0.350. The topological polar surface area (TPSA) is 49.4 Å². The van der Waals surface area contributed by atoms with Crippen LogP contribution in [0.3, 0.4) is 0 Å². The molecule has 1 heterocycles. The number of hydrogen-bond acceptors (Lipinski definition) is 4. The molecule has 0 bridgehead atoms. The standard InChI is InChI=1S/C13H28N2O2S/c1-11(2)15(12(3)4)8-7-14-13-5-9-18(16,17)10-6-13/h11-14H,5-10H2,1-4H3. The molecule has 0 unspecified atom stereocenters. The van der Waals surface area contributed by atoms with Gasteiger partial charge in [-0.1, -0.05) is 0 Å². The van der Waals surface area contributed by atoms with Crippen LogP contribution in [0.15, 0.2) is 0 Å². The minimum Gasteiger partial charge on any atom is -0.313 e. The summed E-state index contributed by atoms with van der Waals surface area (Å²) in [6, 6.07) is 1.49. The molecule has 0 radical (unpaired) electrons. The van der Waals surface area contributed by atoms with E-state index in [1.54, 1.807) is 0 Å². The maximum atomic E-state index is 11.3. The van der Waals surface area contributed by atoms with E-state index in [0.29, 0.717) is 29.6 Å². The second kappa shape index (κ2) is 6.87. The fourth-order valence-electron chi connectivity index (χ4n) is 2.60. The molecule has 0 aromatic rings. The Bertz CT molecular complexity index is 317. The van der Waals surface area contributed by atoms with Gasteiger partial charge in [-0.05, 0) is 40.5 Å². The third-order valence-corrected chi connectivity index (χ3v) is 5.40. The molecule has 4 nitrogen and oxygen atoms in total. The van der Waals surface area contributed by atoms with E-state index in [9.17, 15) is 8.42 Å². The highest BCUT2D eigenvalue weighted by Gasteiger charge is 2.23. The Morgan fingerprint density at radius 1 is 1.11 bits per heavy atom. The summed E-state index contributed by atoms with van der Waals surface area (Å²) < 4.78 is 22.6. The Morgan fingerprint density at radius 2 is 1.61 bits per heavy atom. The first-order chi connectivity index (χ1) is 8.32. The molecule has 1 aliphatic heterocycles. The monoisotopic (exact) mass is 276 g/mol. The molecular weight excluding hydrogens is 248 g/mol. The Balaban J connectivity index is 2.26. The van der Waals surface area contributed by atoms with Crippen LogP contribution < -0.4 is 5.32 Å². The number of rotatable bonds is 6. The van der Waals surface area contributed by atoms with Crippen molar-refractivity contribution in [2.24, 2.45) is 0 Å². The van der Waals surface area contributed by atoms with Gasteiger partial charge in [0.15, 0.2) is 0 Å². The van der Waals surface area contributed by atoms with E-state index in [1.807, 2.05) is 0 Å². The van der Waals surface area contributed by atoms with Crippen LogP contribution in [0.25, 0.3) is 0 Å². The van der Waals surface area contributed by atoms with Gasteiger partial charge in [-0.2, -0.15) is 0 Å². The zero-order chi connectivity index (χ0) is 13.8. The van der Waals surface area contributed by atoms with Gasteiger partial charge in [-0.25, -0.2) is 8.42 Å². The second-order valence-electron chi connectivity index (χ2n) is 5.81. The molecule has 1 rings (SSSR count). The quantitative estimate of drug-likeness (QED) is 0.794. The van der Waals surface area contributed by atoms with Gasteiger partial charge in [0.25, 0.3) is 0 Å². The Kier molecular flexibility index (Phi) is 6.08. The highest BCUT2D eigenvalue weighted by molar-refractivity contribution is 7.91. The molecule has 0 saturated carbocycles. The molecule has 0 amide bonds. The first kappa shape index (κ1) is 15.9. The molecule has 1 saturated heterocycles. The minimum atomic E-state index is -2.73. The molecule has 0 atom stereocenters. The lowest BCUT2D eigenvalue weighted by atomic mass is 10.1. The maximum absolute atomic E-state index is 11.3. The molecule has 1 N–H and O–H groups in total. The number of sulfone groups is 1. The van der Waals surface area contributed by atoms with E-state index in [4.69, 9.17) is 0 Å². The summed E-state index contributed by atoms with van der Waals surface area (Å²) >= 11 is 0. The maximum Gasteiger partial charge on any atom is 0.150 e. The van der Waals surface area contributed by atoms with Crippen LogP contribution in [0.4, 0.5) is 0 Å². The molecule has 1 fully saturated rings. The SMILES string of the molecule is CC(C)N(CCNC1CCS(=O)(=O)CC1)C(C)C.